The molecule has 112 valence electrons. The maximum Gasteiger partial charge on any atom is 0.122 e. The average Bonchev–Trinajstić information content (AvgIpc) is 2.46. The third-order valence-corrected chi connectivity index (χ3v) is 4.78. The van der Waals surface area contributed by atoms with Gasteiger partial charge in [0, 0.05) is 6.04 Å². The number of aryl methyl sites for hydroxylation is 1. The van der Waals surface area contributed by atoms with Gasteiger partial charge in [0.05, 0.1) is 0 Å². The van der Waals surface area contributed by atoms with Crippen molar-refractivity contribution in [2.75, 3.05) is 6.54 Å². The number of ether oxygens (including phenoxy) is 1. The molecular formula is C18H29NO. The minimum absolute atomic E-state index is 0.314. The van der Waals surface area contributed by atoms with Crippen molar-refractivity contribution in [2.24, 2.45) is 5.92 Å². The fourth-order valence-electron chi connectivity index (χ4n) is 3.22. The van der Waals surface area contributed by atoms with Gasteiger partial charge in [-0.2, -0.15) is 0 Å². The third kappa shape index (κ3) is 3.54. The summed E-state index contributed by atoms with van der Waals surface area (Å²) in [5.74, 6) is 1.88. The minimum Gasteiger partial charge on any atom is -0.489 e. The second kappa shape index (κ2) is 7.12. The Hall–Kier alpha value is -1.02. The van der Waals surface area contributed by atoms with Crippen molar-refractivity contribution < 1.29 is 4.74 Å². The van der Waals surface area contributed by atoms with Gasteiger partial charge in [-0.25, -0.2) is 0 Å². The Morgan fingerprint density at radius 1 is 1.20 bits per heavy atom. The van der Waals surface area contributed by atoms with Gasteiger partial charge in [0.2, 0.25) is 0 Å². The molecule has 0 bridgehead atoms. The van der Waals surface area contributed by atoms with E-state index >= 15 is 0 Å². The standard InChI is InChI=1S/C18H29NO/c1-5-15-10-11-16(19-6-2)18(12-15)20-17-9-7-8-13(3)14(17)4/h7-9,15-16,18-19H,5-6,10-12H2,1-4H3. The minimum atomic E-state index is 0.314. The van der Waals surface area contributed by atoms with Crippen LogP contribution >= 0.6 is 0 Å². The van der Waals surface area contributed by atoms with Crippen molar-refractivity contribution >= 4 is 0 Å². The Balaban J connectivity index is 2.12. The number of nitrogens with one attached hydrogen (secondary N) is 1. The van der Waals surface area contributed by atoms with E-state index in [4.69, 9.17) is 4.74 Å². The summed E-state index contributed by atoms with van der Waals surface area (Å²) < 4.78 is 6.40. The van der Waals surface area contributed by atoms with Gasteiger partial charge < -0.3 is 10.1 Å². The normalized spacial score (nSPS) is 26.5. The van der Waals surface area contributed by atoms with Gasteiger partial charge in [-0.1, -0.05) is 32.4 Å². The molecular weight excluding hydrogens is 246 g/mol. The molecule has 1 aromatic rings. The van der Waals surface area contributed by atoms with Crippen LogP contribution in [-0.4, -0.2) is 18.7 Å². The van der Waals surface area contributed by atoms with Crippen molar-refractivity contribution in [3.05, 3.63) is 29.3 Å². The molecule has 1 N–H and O–H groups in total. The molecule has 0 saturated heterocycles. The second-order valence-electron chi connectivity index (χ2n) is 6.11. The summed E-state index contributed by atoms with van der Waals surface area (Å²) in [6.45, 7) is 9.81. The van der Waals surface area contributed by atoms with Crippen molar-refractivity contribution in [1.82, 2.24) is 5.32 Å². The summed E-state index contributed by atoms with van der Waals surface area (Å²) in [6.07, 6.45) is 5.34. The van der Waals surface area contributed by atoms with Gasteiger partial charge in [-0.15, -0.1) is 0 Å². The molecule has 0 spiro atoms. The molecule has 2 rings (SSSR count). The van der Waals surface area contributed by atoms with Crippen LogP contribution in [0.15, 0.2) is 18.2 Å². The van der Waals surface area contributed by atoms with Crippen LogP contribution in [0.1, 0.15) is 50.7 Å². The lowest BCUT2D eigenvalue weighted by Crippen LogP contribution is -2.47. The van der Waals surface area contributed by atoms with Gasteiger partial charge >= 0.3 is 0 Å². The van der Waals surface area contributed by atoms with Crippen molar-refractivity contribution in [3.8, 4) is 5.75 Å². The molecule has 20 heavy (non-hydrogen) atoms. The Morgan fingerprint density at radius 2 is 2.00 bits per heavy atom. The first-order valence-corrected chi connectivity index (χ1v) is 8.11. The monoisotopic (exact) mass is 275 g/mol. The van der Waals surface area contributed by atoms with Crippen LogP contribution < -0.4 is 10.1 Å². The van der Waals surface area contributed by atoms with Crippen LogP contribution in [0, 0.1) is 19.8 Å². The highest BCUT2D eigenvalue weighted by molar-refractivity contribution is 5.38. The summed E-state index contributed by atoms with van der Waals surface area (Å²) >= 11 is 0. The van der Waals surface area contributed by atoms with Crippen LogP contribution in [0.3, 0.4) is 0 Å². The molecule has 0 heterocycles. The van der Waals surface area contributed by atoms with E-state index in [1.54, 1.807) is 0 Å². The maximum atomic E-state index is 6.40. The highest BCUT2D eigenvalue weighted by Crippen LogP contribution is 2.31. The zero-order chi connectivity index (χ0) is 14.5. The molecule has 1 saturated carbocycles. The number of benzene rings is 1. The third-order valence-electron chi connectivity index (χ3n) is 4.78. The van der Waals surface area contributed by atoms with Gasteiger partial charge in [0.25, 0.3) is 0 Å². The summed E-state index contributed by atoms with van der Waals surface area (Å²) in [5, 5.41) is 3.61. The van der Waals surface area contributed by atoms with E-state index in [9.17, 15) is 0 Å². The molecule has 2 nitrogen and oxygen atoms in total. The van der Waals surface area contributed by atoms with E-state index in [0.29, 0.717) is 12.1 Å². The second-order valence-corrected chi connectivity index (χ2v) is 6.11. The van der Waals surface area contributed by atoms with Crippen LogP contribution in [0.2, 0.25) is 0 Å². The van der Waals surface area contributed by atoms with Crippen LogP contribution in [0.5, 0.6) is 5.75 Å². The lowest BCUT2D eigenvalue weighted by atomic mass is 9.82. The van der Waals surface area contributed by atoms with E-state index in [0.717, 1.165) is 18.2 Å². The first-order chi connectivity index (χ1) is 9.65. The fraction of sp³-hybridized carbons (Fsp3) is 0.667. The van der Waals surface area contributed by atoms with Crippen LogP contribution in [-0.2, 0) is 0 Å². The largest absolute Gasteiger partial charge is 0.489 e. The molecule has 2 heteroatoms. The van der Waals surface area contributed by atoms with Gasteiger partial charge in [0.15, 0.2) is 0 Å². The highest BCUT2D eigenvalue weighted by Gasteiger charge is 2.31. The quantitative estimate of drug-likeness (QED) is 0.868. The zero-order valence-corrected chi connectivity index (χ0v) is 13.4. The van der Waals surface area contributed by atoms with E-state index in [1.165, 1.54) is 36.8 Å². The Bertz CT molecular complexity index is 429. The predicted molar refractivity (Wildman–Crippen MR) is 85.4 cm³/mol. The molecule has 1 aliphatic rings. The van der Waals surface area contributed by atoms with E-state index < -0.39 is 0 Å². The van der Waals surface area contributed by atoms with Gasteiger partial charge in [-0.3, -0.25) is 0 Å². The van der Waals surface area contributed by atoms with Gasteiger partial charge in [-0.05, 0) is 62.8 Å². The molecule has 3 atom stereocenters. The molecule has 0 aromatic heterocycles. The SMILES string of the molecule is CCNC1CCC(CC)CC1Oc1cccc(C)c1C. The fourth-order valence-corrected chi connectivity index (χ4v) is 3.22. The van der Waals surface area contributed by atoms with Crippen molar-refractivity contribution in [3.63, 3.8) is 0 Å². The highest BCUT2D eigenvalue weighted by atomic mass is 16.5. The molecule has 0 amide bonds. The number of hydrogen-bond acceptors (Lipinski definition) is 2. The molecule has 0 aliphatic heterocycles. The Labute approximate surface area is 123 Å². The topological polar surface area (TPSA) is 21.3 Å². The predicted octanol–water partition coefficient (Wildman–Crippen LogP) is 4.24. The molecule has 1 aromatic carbocycles. The van der Waals surface area contributed by atoms with Crippen molar-refractivity contribution in [1.29, 1.82) is 0 Å². The first-order valence-electron chi connectivity index (χ1n) is 8.11. The van der Waals surface area contributed by atoms with E-state index in [2.05, 4.69) is 51.2 Å². The molecule has 0 radical (unpaired) electrons. The molecule has 3 unspecified atom stereocenters. The Kier molecular flexibility index (Phi) is 5.47. The number of hydrogen-bond donors (Lipinski definition) is 1. The summed E-state index contributed by atoms with van der Waals surface area (Å²) in [5.41, 5.74) is 2.59. The molecule has 1 aliphatic carbocycles. The zero-order valence-electron chi connectivity index (χ0n) is 13.4. The van der Waals surface area contributed by atoms with E-state index in [-0.39, 0.29) is 0 Å². The summed E-state index contributed by atoms with van der Waals surface area (Å²) in [4.78, 5) is 0. The van der Waals surface area contributed by atoms with Crippen LogP contribution in [0.4, 0.5) is 0 Å². The van der Waals surface area contributed by atoms with Gasteiger partial charge in [0.1, 0.15) is 11.9 Å². The lowest BCUT2D eigenvalue weighted by Gasteiger charge is -2.36. The average molecular weight is 275 g/mol. The first kappa shape index (κ1) is 15.4. The van der Waals surface area contributed by atoms with E-state index in [1.807, 2.05) is 0 Å². The number of likely N-dealkylation sites (N-methyl/N-ethyl adjacent to an activating group) is 1. The summed E-state index contributed by atoms with van der Waals surface area (Å²) in [7, 11) is 0. The Morgan fingerprint density at radius 3 is 2.70 bits per heavy atom. The van der Waals surface area contributed by atoms with Crippen molar-refractivity contribution in [2.45, 2.75) is 65.5 Å². The number of rotatable bonds is 5. The lowest BCUT2D eigenvalue weighted by molar-refractivity contribution is 0.0849. The van der Waals surface area contributed by atoms with Crippen LogP contribution in [0.25, 0.3) is 0 Å². The molecule has 1 fully saturated rings. The summed E-state index contributed by atoms with van der Waals surface area (Å²) in [6, 6.07) is 6.86. The maximum absolute atomic E-state index is 6.40. The smallest absolute Gasteiger partial charge is 0.122 e.